The van der Waals surface area contributed by atoms with Crippen LogP contribution in [0.3, 0.4) is 0 Å². The summed E-state index contributed by atoms with van der Waals surface area (Å²) in [7, 11) is 0. The Hall–Kier alpha value is -6.53. The number of fused-ring (bicyclic) bond motifs is 1. The van der Waals surface area contributed by atoms with Crippen LogP contribution in [0.5, 0.6) is 11.5 Å². The Morgan fingerprint density at radius 1 is 0.964 bits per heavy atom. The third-order valence-electron chi connectivity index (χ3n) is 10.7. The van der Waals surface area contributed by atoms with Crippen molar-refractivity contribution in [3.8, 4) is 11.5 Å². The number of phenols is 2. The molecule has 1 saturated carbocycles. The minimum Gasteiger partial charge on any atom is -0.508 e. The molecule has 2 aromatic carbocycles. The van der Waals surface area contributed by atoms with Gasteiger partial charge in [-0.1, -0.05) is 24.3 Å². The van der Waals surface area contributed by atoms with E-state index < -0.39 is 42.3 Å². The van der Waals surface area contributed by atoms with Gasteiger partial charge in [-0.25, -0.2) is 14.6 Å². The number of urea groups is 2. The number of imide groups is 1. The average molecular weight is 764 g/mol. The number of nitrogens with zero attached hydrogens (tertiary/aromatic N) is 7. The van der Waals surface area contributed by atoms with Gasteiger partial charge in [0.25, 0.3) is 5.91 Å². The van der Waals surface area contributed by atoms with Crippen LogP contribution in [0.4, 0.5) is 27.0 Å². The molecule has 3 fully saturated rings. The molecule has 6 atom stereocenters. The van der Waals surface area contributed by atoms with Gasteiger partial charge in [0.2, 0.25) is 5.95 Å². The molecule has 8 N–H and O–H groups in total. The molecule has 2 saturated heterocycles. The van der Waals surface area contributed by atoms with Crippen molar-refractivity contribution in [3.63, 3.8) is 0 Å². The number of nitrogens with one attached hydrogen (secondary N) is 4. The maximum absolute atomic E-state index is 12.9. The predicted molar refractivity (Wildman–Crippen MR) is 203 cm³/mol. The molecule has 5 aromatic rings. The molecule has 5 heterocycles. The van der Waals surface area contributed by atoms with E-state index in [1.54, 1.807) is 60.3 Å². The van der Waals surface area contributed by atoms with Crippen molar-refractivity contribution in [2.45, 2.75) is 62.1 Å². The first-order chi connectivity index (χ1) is 27.0. The average Bonchev–Trinajstić information content (AvgIpc) is 3.96. The van der Waals surface area contributed by atoms with Gasteiger partial charge >= 0.3 is 12.1 Å². The van der Waals surface area contributed by atoms with Gasteiger partial charge in [0.15, 0.2) is 17.0 Å². The number of imidazole rings is 1. The molecule has 1 aliphatic carbocycles. The Balaban J connectivity index is 1.11. The molecule has 0 radical (unpaired) electrons. The Bertz CT molecular complexity index is 2190. The second kappa shape index (κ2) is 15.0. The van der Waals surface area contributed by atoms with E-state index >= 15 is 0 Å². The molecule has 18 nitrogen and oxygen atoms in total. The zero-order chi connectivity index (χ0) is 39.1. The van der Waals surface area contributed by atoms with E-state index in [2.05, 4.69) is 31.2 Å². The summed E-state index contributed by atoms with van der Waals surface area (Å²) < 4.78 is 1.64. The lowest BCUT2D eigenvalue weighted by atomic mass is 9.91. The maximum Gasteiger partial charge on any atom is 0.325 e. The first kappa shape index (κ1) is 36.4. The van der Waals surface area contributed by atoms with Gasteiger partial charge in [-0.05, 0) is 67.3 Å². The second-order valence-electron chi connectivity index (χ2n) is 14.3. The van der Waals surface area contributed by atoms with E-state index in [9.17, 15) is 34.8 Å². The summed E-state index contributed by atoms with van der Waals surface area (Å²) in [5.74, 6) is 0.211. The van der Waals surface area contributed by atoms with E-state index in [1.165, 1.54) is 6.33 Å². The predicted octanol–water partition coefficient (Wildman–Crippen LogP) is 2.25. The lowest BCUT2D eigenvalue weighted by Crippen LogP contribution is -2.47. The van der Waals surface area contributed by atoms with Crippen LogP contribution < -0.4 is 26.2 Å². The quantitative estimate of drug-likeness (QED) is 0.0954. The summed E-state index contributed by atoms with van der Waals surface area (Å²) in [6, 6.07) is 13.4. The molecule has 0 bridgehead atoms. The first-order valence-corrected chi connectivity index (χ1v) is 18.3. The normalized spacial score (nSPS) is 23.6. The number of hydrogen-bond acceptors (Lipinski definition) is 13. The highest BCUT2D eigenvalue weighted by atomic mass is 16.3. The fourth-order valence-corrected chi connectivity index (χ4v) is 7.76. The van der Waals surface area contributed by atoms with Crippen LogP contribution in [-0.2, 0) is 4.79 Å². The molecule has 3 aromatic heterocycles. The molecule has 0 unspecified atom stereocenters. The van der Waals surface area contributed by atoms with Crippen LogP contribution >= 0.6 is 0 Å². The number of anilines is 3. The maximum atomic E-state index is 12.9. The number of hydrogen-bond donors (Lipinski definition) is 8. The number of rotatable bonds is 10. The van der Waals surface area contributed by atoms with E-state index in [4.69, 9.17) is 9.97 Å². The Kier molecular flexibility index (Phi) is 9.73. The summed E-state index contributed by atoms with van der Waals surface area (Å²) in [4.78, 5) is 59.9. The monoisotopic (exact) mass is 763 g/mol. The summed E-state index contributed by atoms with van der Waals surface area (Å²) in [5, 5.41) is 54.4. The SMILES string of the molecule is C[C@@H]1NC(=O)N([C@H]2C[C@@H](n3cnc4c(NCC(c5ccc(O)cc5)c5ccc(O)cc5)nc(N5CC[C@@H](NC(=O)Nc6cccnc6)C5)nc43)[C@H](O)[C@@H]2O)C1=O. The highest BCUT2D eigenvalue weighted by Gasteiger charge is 2.51. The summed E-state index contributed by atoms with van der Waals surface area (Å²) in [6.45, 7) is 2.77. The third-order valence-corrected chi connectivity index (χ3v) is 10.7. The summed E-state index contributed by atoms with van der Waals surface area (Å²) >= 11 is 0. The highest BCUT2D eigenvalue weighted by Crippen LogP contribution is 2.38. The Labute approximate surface area is 320 Å². The van der Waals surface area contributed by atoms with Crippen molar-refractivity contribution in [2.24, 2.45) is 0 Å². The minimum atomic E-state index is -1.42. The highest BCUT2D eigenvalue weighted by molar-refractivity contribution is 6.04. The molecular weight excluding hydrogens is 722 g/mol. The van der Waals surface area contributed by atoms with E-state index in [0.29, 0.717) is 54.7 Å². The number of carbonyl (C=O) groups excluding carboxylic acids is 3. The molecule has 2 aliphatic heterocycles. The first-order valence-electron chi connectivity index (χ1n) is 18.3. The number of benzene rings is 2. The van der Waals surface area contributed by atoms with Crippen LogP contribution in [0.2, 0.25) is 0 Å². The van der Waals surface area contributed by atoms with Gasteiger partial charge in [0.05, 0.1) is 30.3 Å². The minimum absolute atomic E-state index is 0.0489. The van der Waals surface area contributed by atoms with Crippen molar-refractivity contribution in [2.75, 3.05) is 35.2 Å². The number of phenolic OH excluding ortho intramolecular Hbond substituents is 2. The van der Waals surface area contributed by atoms with Gasteiger partial charge < -0.3 is 51.2 Å². The summed E-state index contributed by atoms with van der Waals surface area (Å²) in [6.07, 6.45) is 2.54. The van der Waals surface area contributed by atoms with Crippen molar-refractivity contribution < 1.29 is 34.8 Å². The summed E-state index contributed by atoms with van der Waals surface area (Å²) in [5.41, 5.74) is 3.05. The molecule has 3 aliphatic rings. The number of amides is 5. The third kappa shape index (κ3) is 7.06. The van der Waals surface area contributed by atoms with E-state index in [1.807, 2.05) is 29.2 Å². The Morgan fingerprint density at radius 2 is 1.66 bits per heavy atom. The number of aromatic hydroxyl groups is 2. The van der Waals surface area contributed by atoms with Gasteiger partial charge in [0, 0.05) is 37.8 Å². The van der Waals surface area contributed by atoms with Crippen molar-refractivity contribution in [1.82, 2.24) is 40.0 Å². The lowest BCUT2D eigenvalue weighted by molar-refractivity contribution is -0.130. The number of aliphatic hydroxyl groups excluding tert-OH is 2. The van der Waals surface area contributed by atoms with Crippen molar-refractivity contribution in [3.05, 3.63) is 90.5 Å². The number of aliphatic hydroxyl groups is 2. The standard InChI is InChI=1S/C38H41N11O7/c1-20-35(54)49(38(56)42-20)29-15-28(31(52)32(29)53)48-19-41-30-33(40-17-27(21-4-8-25(50)9-5-21)22-6-10-26(51)11-7-22)45-36(46-34(30)48)47-14-12-24(18-47)44-37(55)43-23-3-2-13-39-16-23/h2-11,13,16,19-20,24,27-29,31-32,50-53H,12,14-15,17-18H2,1H3,(H,42,56)(H,40,45,46)(H2,43,44,55)/t20-,24+,28+,29-,31-,32+/m0/s1. The fourth-order valence-electron chi connectivity index (χ4n) is 7.76. The largest absolute Gasteiger partial charge is 0.508 e. The van der Waals surface area contributed by atoms with Crippen LogP contribution in [0.25, 0.3) is 11.2 Å². The second-order valence-corrected chi connectivity index (χ2v) is 14.3. The fraction of sp³-hybridized carbons (Fsp3) is 0.342. The van der Waals surface area contributed by atoms with Crippen LogP contribution in [0, 0.1) is 0 Å². The number of pyridine rings is 1. The smallest absolute Gasteiger partial charge is 0.325 e. The van der Waals surface area contributed by atoms with Crippen LogP contribution in [0.1, 0.15) is 42.9 Å². The van der Waals surface area contributed by atoms with Crippen LogP contribution in [0.15, 0.2) is 79.4 Å². The zero-order valence-electron chi connectivity index (χ0n) is 30.2. The molecule has 290 valence electrons. The number of aromatic nitrogens is 5. The molecule has 56 heavy (non-hydrogen) atoms. The van der Waals surface area contributed by atoms with Crippen LogP contribution in [-0.4, -0.2) is 118 Å². The van der Waals surface area contributed by atoms with Gasteiger partial charge in [-0.15, -0.1) is 0 Å². The van der Waals surface area contributed by atoms with Gasteiger partial charge in [0.1, 0.15) is 29.7 Å². The molecule has 0 spiro atoms. The molecule has 18 heteroatoms. The molecule has 8 rings (SSSR count). The van der Waals surface area contributed by atoms with E-state index in [-0.39, 0.29) is 35.9 Å². The van der Waals surface area contributed by atoms with Crippen molar-refractivity contribution >= 4 is 46.6 Å². The molecule has 5 amide bonds. The number of carbonyl (C=O) groups is 3. The topological polar surface area (TPSA) is 243 Å². The van der Waals surface area contributed by atoms with Crippen molar-refractivity contribution in [1.29, 1.82) is 0 Å². The van der Waals surface area contributed by atoms with E-state index in [0.717, 1.165) is 16.0 Å². The molecular formula is C38H41N11O7. The zero-order valence-corrected chi connectivity index (χ0v) is 30.2. The lowest BCUT2D eigenvalue weighted by Gasteiger charge is -2.24. The Morgan fingerprint density at radius 3 is 2.30 bits per heavy atom. The van der Waals surface area contributed by atoms with Gasteiger partial charge in [-0.3, -0.25) is 14.7 Å². The van der Waals surface area contributed by atoms with Gasteiger partial charge in [-0.2, -0.15) is 9.97 Å².